The van der Waals surface area contributed by atoms with E-state index >= 15 is 0 Å². The first-order valence-corrected chi connectivity index (χ1v) is 4.66. The van der Waals surface area contributed by atoms with Crippen LogP contribution in [0.2, 0.25) is 0 Å². The Hall–Kier alpha value is -0.780. The average Bonchev–Trinajstić information content (AvgIpc) is 2.47. The van der Waals surface area contributed by atoms with Crippen LogP contribution in [0.15, 0.2) is 12.5 Å². The molecule has 0 spiro atoms. The Balaban J connectivity index is 1.90. The highest BCUT2D eigenvalue weighted by molar-refractivity contribution is 4.82. The van der Waals surface area contributed by atoms with E-state index in [4.69, 9.17) is 23.7 Å². The molecule has 2 heterocycles. The highest BCUT2D eigenvalue weighted by Crippen LogP contribution is 2.24. The van der Waals surface area contributed by atoms with Gasteiger partial charge in [0.2, 0.25) is 0 Å². The first kappa shape index (κ1) is 9.76. The van der Waals surface area contributed by atoms with E-state index in [2.05, 4.69) is 6.58 Å². The van der Waals surface area contributed by atoms with Crippen molar-refractivity contribution in [2.75, 3.05) is 19.8 Å². The van der Waals surface area contributed by atoms with Gasteiger partial charge in [-0.15, -0.1) is 0 Å². The molecule has 80 valence electrons. The van der Waals surface area contributed by atoms with E-state index in [-0.39, 0.29) is 12.2 Å². The molecule has 0 radical (unpaired) electrons. The molecule has 0 aliphatic carbocycles. The molecule has 0 aromatic rings. The number of fused-ring (bicyclic) bond motifs is 1. The Morgan fingerprint density at radius 2 is 1.86 bits per heavy atom. The minimum atomic E-state index is -0.589. The summed E-state index contributed by atoms with van der Waals surface area (Å²) >= 11 is 0. The molecule has 2 aliphatic heterocycles. The number of ether oxygens (including phenoxy) is 5. The lowest BCUT2D eigenvalue weighted by Gasteiger charge is -2.11. The van der Waals surface area contributed by atoms with Gasteiger partial charge < -0.3 is 23.7 Å². The number of hydrogen-bond acceptors (Lipinski definition) is 5. The molecule has 5 heteroatoms. The molecule has 2 aliphatic rings. The van der Waals surface area contributed by atoms with E-state index in [9.17, 15) is 0 Å². The fourth-order valence-electron chi connectivity index (χ4n) is 1.39. The van der Waals surface area contributed by atoms with Gasteiger partial charge in [0.25, 0.3) is 12.4 Å². The largest absolute Gasteiger partial charge is 0.463 e. The van der Waals surface area contributed by atoms with Gasteiger partial charge in [0.15, 0.2) is 0 Å². The molecule has 0 aromatic carbocycles. The van der Waals surface area contributed by atoms with E-state index in [0.29, 0.717) is 25.8 Å². The summed E-state index contributed by atoms with van der Waals surface area (Å²) in [4.78, 5) is 0. The summed E-state index contributed by atoms with van der Waals surface area (Å²) in [5, 5.41) is 0. The maximum absolute atomic E-state index is 5.44. The van der Waals surface area contributed by atoms with Crippen LogP contribution in [0.4, 0.5) is 0 Å². The fourth-order valence-corrected chi connectivity index (χ4v) is 1.39. The van der Waals surface area contributed by atoms with Crippen LogP contribution >= 0.6 is 0 Å². The maximum Gasteiger partial charge on any atom is 0.272 e. The standard InChI is InChI=1S/C9H14O5/c1-3-10-9-13-7-4-11-6(2)12-5-8(7)14-9/h7-9H,2-5H2,1H3. The highest BCUT2D eigenvalue weighted by atomic mass is 16.9. The van der Waals surface area contributed by atoms with Gasteiger partial charge >= 0.3 is 0 Å². The van der Waals surface area contributed by atoms with E-state index in [0.717, 1.165) is 0 Å². The summed E-state index contributed by atoms with van der Waals surface area (Å²) in [7, 11) is 0. The molecule has 0 bridgehead atoms. The topological polar surface area (TPSA) is 46.2 Å². The van der Waals surface area contributed by atoms with Crippen molar-refractivity contribution in [2.45, 2.75) is 25.6 Å². The molecule has 14 heavy (non-hydrogen) atoms. The SMILES string of the molecule is C=C1OCC2OC(OCC)OC2CO1. The zero-order valence-corrected chi connectivity index (χ0v) is 8.10. The van der Waals surface area contributed by atoms with Crippen LogP contribution in [0.1, 0.15) is 6.92 Å². The molecular formula is C9H14O5. The van der Waals surface area contributed by atoms with E-state index in [1.54, 1.807) is 0 Å². The molecule has 2 unspecified atom stereocenters. The molecule has 0 saturated carbocycles. The number of hydrogen-bond donors (Lipinski definition) is 0. The minimum Gasteiger partial charge on any atom is -0.463 e. The van der Waals surface area contributed by atoms with Crippen LogP contribution in [-0.4, -0.2) is 38.5 Å². The summed E-state index contributed by atoms with van der Waals surface area (Å²) < 4.78 is 26.4. The highest BCUT2D eigenvalue weighted by Gasteiger charge is 2.39. The molecule has 2 atom stereocenters. The quantitative estimate of drug-likeness (QED) is 0.656. The Labute approximate surface area is 82.5 Å². The van der Waals surface area contributed by atoms with E-state index in [1.165, 1.54) is 0 Å². The van der Waals surface area contributed by atoms with Crippen molar-refractivity contribution in [1.82, 2.24) is 0 Å². The second-order valence-electron chi connectivity index (χ2n) is 3.09. The third-order valence-electron chi connectivity index (χ3n) is 2.11. The van der Waals surface area contributed by atoms with Crippen molar-refractivity contribution < 1.29 is 23.7 Å². The summed E-state index contributed by atoms with van der Waals surface area (Å²) in [6, 6.07) is 0. The summed E-state index contributed by atoms with van der Waals surface area (Å²) in [6.07, 6.45) is -0.267. The van der Waals surface area contributed by atoms with E-state index in [1.807, 2.05) is 6.92 Å². The normalized spacial score (nSPS) is 36.9. The van der Waals surface area contributed by atoms with Gasteiger partial charge in [0, 0.05) is 6.61 Å². The van der Waals surface area contributed by atoms with Crippen LogP contribution < -0.4 is 0 Å². The Morgan fingerprint density at radius 1 is 1.29 bits per heavy atom. The van der Waals surface area contributed by atoms with Gasteiger partial charge in [-0.3, -0.25) is 0 Å². The predicted molar refractivity (Wildman–Crippen MR) is 46.2 cm³/mol. The van der Waals surface area contributed by atoms with Gasteiger partial charge in [0.05, 0.1) is 0 Å². The molecule has 0 N–H and O–H groups in total. The summed E-state index contributed by atoms with van der Waals surface area (Å²) in [5.74, 6) is 0.319. The number of rotatable bonds is 2. The molecule has 5 nitrogen and oxygen atoms in total. The van der Waals surface area contributed by atoms with Gasteiger partial charge in [-0.2, -0.15) is 0 Å². The lowest BCUT2D eigenvalue weighted by atomic mass is 10.2. The molecule has 0 amide bonds. The van der Waals surface area contributed by atoms with Crippen molar-refractivity contribution in [1.29, 1.82) is 0 Å². The molecule has 2 fully saturated rings. The third kappa shape index (κ3) is 2.00. The first-order valence-electron chi connectivity index (χ1n) is 4.66. The predicted octanol–water partition coefficient (Wildman–Crippen LogP) is 0.608. The maximum atomic E-state index is 5.44. The average molecular weight is 202 g/mol. The summed E-state index contributed by atoms with van der Waals surface area (Å²) in [5.41, 5.74) is 0. The molecule has 2 rings (SSSR count). The van der Waals surface area contributed by atoms with Gasteiger partial charge in [-0.05, 0) is 13.5 Å². The van der Waals surface area contributed by atoms with Gasteiger partial charge in [-0.1, -0.05) is 0 Å². The van der Waals surface area contributed by atoms with Crippen molar-refractivity contribution in [2.24, 2.45) is 0 Å². The Bertz CT molecular complexity index is 199. The second kappa shape index (κ2) is 4.16. The van der Waals surface area contributed by atoms with Crippen LogP contribution in [0.5, 0.6) is 0 Å². The monoisotopic (exact) mass is 202 g/mol. The zero-order chi connectivity index (χ0) is 9.97. The molecular weight excluding hydrogens is 188 g/mol. The Morgan fingerprint density at radius 3 is 2.36 bits per heavy atom. The fraction of sp³-hybridized carbons (Fsp3) is 0.778. The molecule has 2 saturated heterocycles. The minimum absolute atomic E-state index is 0.134. The zero-order valence-electron chi connectivity index (χ0n) is 8.10. The first-order chi connectivity index (χ1) is 6.79. The van der Waals surface area contributed by atoms with E-state index < -0.39 is 6.48 Å². The van der Waals surface area contributed by atoms with Crippen LogP contribution in [0.25, 0.3) is 0 Å². The van der Waals surface area contributed by atoms with Crippen molar-refractivity contribution >= 4 is 0 Å². The smallest absolute Gasteiger partial charge is 0.272 e. The van der Waals surface area contributed by atoms with Gasteiger partial charge in [-0.25, -0.2) is 0 Å². The van der Waals surface area contributed by atoms with Crippen LogP contribution in [0.3, 0.4) is 0 Å². The Kier molecular flexibility index (Phi) is 2.90. The van der Waals surface area contributed by atoms with Crippen LogP contribution in [-0.2, 0) is 23.7 Å². The summed E-state index contributed by atoms with van der Waals surface area (Å²) in [6.45, 7) is 6.21. The van der Waals surface area contributed by atoms with Crippen LogP contribution in [0, 0.1) is 0 Å². The van der Waals surface area contributed by atoms with Gasteiger partial charge in [0.1, 0.15) is 25.4 Å². The van der Waals surface area contributed by atoms with Crippen molar-refractivity contribution in [3.05, 3.63) is 12.5 Å². The van der Waals surface area contributed by atoms with Crippen molar-refractivity contribution in [3.63, 3.8) is 0 Å². The lowest BCUT2D eigenvalue weighted by molar-refractivity contribution is -0.246. The third-order valence-corrected chi connectivity index (χ3v) is 2.11. The molecule has 0 aromatic heterocycles. The second-order valence-corrected chi connectivity index (χ2v) is 3.09. The lowest BCUT2D eigenvalue weighted by Crippen LogP contribution is -2.27. The van der Waals surface area contributed by atoms with Crippen molar-refractivity contribution in [3.8, 4) is 0 Å².